The first kappa shape index (κ1) is 21.0. The zero-order chi connectivity index (χ0) is 22.9. The summed E-state index contributed by atoms with van der Waals surface area (Å²) in [7, 11) is 0. The predicted octanol–water partition coefficient (Wildman–Crippen LogP) is 5.61. The SMILES string of the molecule is Cc1ccc(-c2cccc(COc3ccc4c(c3)CN(C3C=CCC3)C4=O)c2)cc1C(=O)O. The standard InChI is InChI=1S/C28H25NO4/c1-18-9-10-21(15-26(18)28(31)32)20-6-4-5-19(13-20)17-33-24-11-12-25-22(14-24)16-29(27(25)30)23-7-2-3-8-23/h2,4-7,9-15,23H,3,8,16-17H2,1H3,(H,31,32). The number of ether oxygens (including phenoxy) is 1. The van der Waals surface area contributed by atoms with Crippen LogP contribution in [0, 0.1) is 6.92 Å². The van der Waals surface area contributed by atoms with E-state index >= 15 is 0 Å². The molecule has 1 aliphatic heterocycles. The molecule has 1 aliphatic carbocycles. The van der Waals surface area contributed by atoms with Gasteiger partial charge in [0.05, 0.1) is 11.6 Å². The first-order valence-corrected chi connectivity index (χ1v) is 11.2. The summed E-state index contributed by atoms with van der Waals surface area (Å²) in [5.41, 5.74) is 5.60. The molecule has 5 rings (SSSR count). The molecule has 5 heteroatoms. The van der Waals surface area contributed by atoms with Gasteiger partial charge in [0.25, 0.3) is 5.91 Å². The van der Waals surface area contributed by atoms with E-state index in [1.807, 2.05) is 59.5 Å². The van der Waals surface area contributed by atoms with Gasteiger partial charge in [0.1, 0.15) is 12.4 Å². The molecule has 1 N–H and O–H groups in total. The third-order valence-corrected chi connectivity index (χ3v) is 6.43. The number of hydrogen-bond donors (Lipinski definition) is 1. The van der Waals surface area contributed by atoms with Crippen molar-refractivity contribution < 1.29 is 19.4 Å². The summed E-state index contributed by atoms with van der Waals surface area (Å²) in [5.74, 6) is -0.0923. The highest BCUT2D eigenvalue weighted by molar-refractivity contribution is 5.99. The van der Waals surface area contributed by atoms with Gasteiger partial charge in [0, 0.05) is 12.1 Å². The Morgan fingerprint density at radius 1 is 1.09 bits per heavy atom. The van der Waals surface area contributed by atoms with E-state index in [0.717, 1.165) is 52.0 Å². The summed E-state index contributed by atoms with van der Waals surface area (Å²) in [6.07, 6.45) is 6.29. The van der Waals surface area contributed by atoms with Gasteiger partial charge >= 0.3 is 5.97 Å². The molecular weight excluding hydrogens is 414 g/mol. The Morgan fingerprint density at radius 2 is 1.94 bits per heavy atom. The van der Waals surface area contributed by atoms with Crippen molar-refractivity contribution in [3.8, 4) is 16.9 Å². The number of aromatic carboxylic acids is 1. The number of aryl methyl sites for hydroxylation is 1. The third kappa shape index (κ3) is 4.14. The Labute approximate surface area is 192 Å². The van der Waals surface area contributed by atoms with E-state index in [4.69, 9.17) is 4.74 Å². The molecule has 1 unspecified atom stereocenters. The molecule has 166 valence electrons. The van der Waals surface area contributed by atoms with E-state index in [1.54, 1.807) is 13.0 Å². The van der Waals surface area contributed by atoms with Gasteiger partial charge in [-0.15, -0.1) is 0 Å². The van der Waals surface area contributed by atoms with Gasteiger partial charge in [0.2, 0.25) is 0 Å². The van der Waals surface area contributed by atoms with Crippen molar-refractivity contribution in [2.75, 3.05) is 0 Å². The molecule has 2 aliphatic rings. The molecule has 1 amide bonds. The van der Waals surface area contributed by atoms with Gasteiger partial charge in [-0.1, -0.05) is 42.5 Å². The lowest BCUT2D eigenvalue weighted by Gasteiger charge is -2.22. The average molecular weight is 440 g/mol. The number of hydrogen-bond acceptors (Lipinski definition) is 3. The molecular formula is C28H25NO4. The summed E-state index contributed by atoms with van der Waals surface area (Å²) >= 11 is 0. The minimum Gasteiger partial charge on any atom is -0.489 e. The first-order valence-electron chi connectivity index (χ1n) is 11.2. The highest BCUT2D eigenvalue weighted by atomic mass is 16.5. The number of carbonyl (C=O) groups excluding carboxylic acids is 1. The molecule has 3 aromatic rings. The zero-order valence-corrected chi connectivity index (χ0v) is 18.5. The Kier molecular flexibility index (Phi) is 5.47. The number of carbonyl (C=O) groups is 2. The van der Waals surface area contributed by atoms with Gasteiger partial charge in [-0.25, -0.2) is 4.79 Å². The molecule has 0 saturated heterocycles. The second kappa shape index (κ2) is 8.58. The summed E-state index contributed by atoms with van der Waals surface area (Å²) in [5, 5.41) is 9.42. The van der Waals surface area contributed by atoms with Crippen LogP contribution in [0.4, 0.5) is 0 Å². The maximum absolute atomic E-state index is 12.7. The molecule has 1 heterocycles. The highest BCUT2D eigenvalue weighted by Gasteiger charge is 2.32. The Balaban J connectivity index is 1.30. The molecule has 0 spiro atoms. The van der Waals surface area contributed by atoms with Crippen molar-refractivity contribution in [1.82, 2.24) is 4.90 Å². The van der Waals surface area contributed by atoms with Crippen LogP contribution in [0.5, 0.6) is 5.75 Å². The Hall–Kier alpha value is -3.86. The van der Waals surface area contributed by atoms with Crippen LogP contribution in [0.25, 0.3) is 11.1 Å². The van der Waals surface area contributed by atoms with Crippen LogP contribution in [-0.4, -0.2) is 27.9 Å². The van der Waals surface area contributed by atoms with Crippen molar-refractivity contribution in [3.05, 3.63) is 101 Å². The number of rotatable bonds is 6. The van der Waals surface area contributed by atoms with E-state index in [9.17, 15) is 14.7 Å². The maximum atomic E-state index is 12.7. The third-order valence-electron chi connectivity index (χ3n) is 6.43. The van der Waals surface area contributed by atoms with Crippen molar-refractivity contribution in [2.45, 2.75) is 39.0 Å². The summed E-state index contributed by atoms with van der Waals surface area (Å²) < 4.78 is 6.05. The van der Waals surface area contributed by atoms with Crippen LogP contribution in [0.15, 0.2) is 72.8 Å². The fraction of sp³-hybridized carbons (Fsp3) is 0.214. The first-order chi connectivity index (χ1) is 16.0. The van der Waals surface area contributed by atoms with Gasteiger partial charge in [-0.3, -0.25) is 4.79 Å². The van der Waals surface area contributed by atoms with Crippen LogP contribution in [0.2, 0.25) is 0 Å². The van der Waals surface area contributed by atoms with Crippen molar-refractivity contribution in [2.24, 2.45) is 0 Å². The van der Waals surface area contributed by atoms with E-state index in [0.29, 0.717) is 18.7 Å². The molecule has 5 nitrogen and oxygen atoms in total. The van der Waals surface area contributed by atoms with Crippen LogP contribution in [-0.2, 0) is 13.2 Å². The summed E-state index contributed by atoms with van der Waals surface area (Å²) in [6, 6.07) is 19.3. The average Bonchev–Trinajstić information content (AvgIpc) is 3.46. The minimum absolute atomic E-state index is 0.0969. The number of allylic oxidation sites excluding steroid dienone is 1. The Morgan fingerprint density at radius 3 is 2.73 bits per heavy atom. The number of carboxylic acids is 1. The second-order valence-corrected chi connectivity index (χ2v) is 8.65. The molecule has 1 atom stereocenters. The van der Waals surface area contributed by atoms with Crippen LogP contribution >= 0.6 is 0 Å². The van der Waals surface area contributed by atoms with Crippen molar-refractivity contribution in [1.29, 1.82) is 0 Å². The topological polar surface area (TPSA) is 66.8 Å². The lowest BCUT2D eigenvalue weighted by atomic mass is 9.98. The smallest absolute Gasteiger partial charge is 0.335 e. The molecule has 0 saturated carbocycles. The number of benzene rings is 3. The van der Waals surface area contributed by atoms with Crippen LogP contribution in [0.3, 0.4) is 0 Å². The maximum Gasteiger partial charge on any atom is 0.335 e. The van der Waals surface area contributed by atoms with E-state index in [1.165, 1.54) is 0 Å². The van der Waals surface area contributed by atoms with Gasteiger partial charge < -0.3 is 14.7 Å². The molecule has 0 aromatic heterocycles. The van der Waals surface area contributed by atoms with Gasteiger partial charge in [-0.2, -0.15) is 0 Å². The fourth-order valence-corrected chi connectivity index (χ4v) is 4.59. The van der Waals surface area contributed by atoms with Crippen molar-refractivity contribution in [3.63, 3.8) is 0 Å². The summed E-state index contributed by atoms with van der Waals surface area (Å²) in [6.45, 7) is 2.80. The van der Waals surface area contributed by atoms with Crippen LogP contribution < -0.4 is 4.74 Å². The lowest BCUT2D eigenvalue weighted by molar-refractivity contribution is 0.0694. The molecule has 3 aromatic carbocycles. The zero-order valence-electron chi connectivity index (χ0n) is 18.5. The highest BCUT2D eigenvalue weighted by Crippen LogP contribution is 2.31. The van der Waals surface area contributed by atoms with Crippen molar-refractivity contribution >= 4 is 11.9 Å². The monoisotopic (exact) mass is 439 g/mol. The number of amides is 1. The minimum atomic E-state index is -0.925. The molecule has 0 fully saturated rings. The molecule has 33 heavy (non-hydrogen) atoms. The van der Waals surface area contributed by atoms with E-state index in [-0.39, 0.29) is 11.9 Å². The largest absolute Gasteiger partial charge is 0.489 e. The van der Waals surface area contributed by atoms with Crippen LogP contribution in [0.1, 0.15) is 50.2 Å². The van der Waals surface area contributed by atoms with Gasteiger partial charge in [-0.05, 0) is 77.9 Å². The Bertz CT molecular complexity index is 1280. The number of carboxylic acid groups (broad SMARTS) is 1. The molecule has 0 radical (unpaired) electrons. The number of fused-ring (bicyclic) bond motifs is 1. The second-order valence-electron chi connectivity index (χ2n) is 8.65. The van der Waals surface area contributed by atoms with E-state index in [2.05, 4.69) is 12.2 Å². The summed E-state index contributed by atoms with van der Waals surface area (Å²) in [4.78, 5) is 26.2. The quantitative estimate of drug-likeness (QED) is 0.507. The fourth-order valence-electron chi connectivity index (χ4n) is 4.59. The van der Waals surface area contributed by atoms with E-state index < -0.39 is 5.97 Å². The lowest BCUT2D eigenvalue weighted by Crippen LogP contribution is -2.32. The van der Waals surface area contributed by atoms with Gasteiger partial charge in [0.15, 0.2) is 0 Å². The molecule has 0 bridgehead atoms. The number of nitrogens with zero attached hydrogens (tertiary/aromatic N) is 1. The predicted molar refractivity (Wildman–Crippen MR) is 126 cm³/mol. The normalized spacial score (nSPS) is 16.8.